The van der Waals surface area contributed by atoms with E-state index in [1.54, 1.807) is 0 Å². The van der Waals surface area contributed by atoms with Crippen LogP contribution in [0.25, 0.3) is 0 Å². The van der Waals surface area contributed by atoms with Gasteiger partial charge in [0.25, 0.3) is 0 Å². The van der Waals surface area contributed by atoms with Crippen LogP contribution >= 0.6 is 0 Å². The number of hydrogen-bond donors (Lipinski definition) is 5. The Morgan fingerprint density at radius 1 is 1.18 bits per heavy atom. The summed E-state index contributed by atoms with van der Waals surface area (Å²) >= 11 is 0. The molecule has 1 heterocycles. The molecule has 0 bridgehead atoms. The van der Waals surface area contributed by atoms with Crippen molar-refractivity contribution in [3.05, 3.63) is 12.2 Å². The molecule has 7 heteroatoms. The SMILES string of the molecule is C=C(C)C(O)C(=O)[C@H]1OC(O)[C@H](O)[C@@H](O)[C@H]1O. The lowest BCUT2D eigenvalue weighted by molar-refractivity contribution is -0.276. The molecule has 1 saturated heterocycles. The van der Waals surface area contributed by atoms with Crippen LogP contribution in [0.2, 0.25) is 0 Å². The molecule has 6 atom stereocenters. The van der Waals surface area contributed by atoms with Gasteiger partial charge in [0.15, 0.2) is 18.2 Å². The van der Waals surface area contributed by atoms with Crippen LogP contribution in [0.3, 0.4) is 0 Å². The highest BCUT2D eigenvalue weighted by Crippen LogP contribution is 2.22. The molecule has 0 aliphatic carbocycles. The number of aliphatic hydroxyl groups is 5. The summed E-state index contributed by atoms with van der Waals surface area (Å²) in [6, 6.07) is 0. The summed E-state index contributed by atoms with van der Waals surface area (Å²) in [4.78, 5) is 11.6. The van der Waals surface area contributed by atoms with Gasteiger partial charge >= 0.3 is 0 Å². The fourth-order valence-electron chi connectivity index (χ4n) is 1.49. The minimum Gasteiger partial charge on any atom is -0.387 e. The predicted molar refractivity (Wildman–Crippen MR) is 54.7 cm³/mol. The highest BCUT2D eigenvalue weighted by molar-refractivity contribution is 5.90. The van der Waals surface area contributed by atoms with E-state index in [4.69, 9.17) is 0 Å². The predicted octanol–water partition coefficient (Wildman–Crippen LogP) is -2.71. The van der Waals surface area contributed by atoms with Crippen molar-refractivity contribution in [1.29, 1.82) is 0 Å². The molecule has 0 aromatic carbocycles. The van der Waals surface area contributed by atoms with Gasteiger partial charge < -0.3 is 30.3 Å². The number of ether oxygens (including phenoxy) is 1. The molecule has 1 aliphatic rings. The zero-order valence-electron chi connectivity index (χ0n) is 9.22. The molecule has 0 saturated carbocycles. The summed E-state index contributed by atoms with van der Waals surface area (Å²) in [5.74, 6) is -0.935. The normalized spacial score (nSPS) is 39.8. The standard InChI is InChI=1S/C10H16O7/c1-3(2)4(11)6(13)9-7(14)5(12)8(15)10(16)17-9/h4-5,7-12,14-16H,1H2,2H3/t4?,5-,7+,8+,9+,10?/m0/s1. The van der Waals surface area contributed by atoms with E-state index in [1.165, 1.54) is 6.92 Å². The maximum Gasteiger partial charge on any atom is 0.196 e. The Morgan fingerprint density at radius 2 is 1.71 bits per heavy atom. The number of ketones is 1. The van der Waals surface area contributed by atoms with Gasteiger partial charge in [-0.15, -0.1) is 0 Å². The molecular formula is C10H16O7. The first kappa shape index (κ1) is 14.2. The van der Waals surface area contributed by atoms with Crippen LogP contribution in [0, 0.1) is 0 Å². The molecule has 0 amide bonds. The smallest absolute Gasteiger partial charge is 0.196 e. The first-order chi connectivity index (χ1) is 7.77. The highest BCUT2D eigenvalue weighted by atomic mass is 16.6. The van der Waals surface area contributed by atoms with Crippen LogP contribution in [0.4, 0.5) is 0 Å². The Morgan fingerprint density at radius 3 is 2.18 bits per heavy atom. The summed E-state index contributed by atoms with van der Waals surface area (Å²) in [6.07, 6.45) is -10.2. The number of aliphatic hydroxyl groups excluding tert-OH is 5. The highest BCUT2D eigenvalue weighted by Gasteiger charge is 2.47. The van der Waals surface area contributed by atoms with Gasteiger partial charge in [-0.2, -0.15) is 0 Å². The first-order valence-corrected chi connectivity index (χ1v) is 5.02. The van der Waals surface area contributed by atoms with Crippen LogP contribution in [0.5, 0.6) is 0 Å². The summed E-state index contributed by atoms with van der Waals surface area (Å²) in [5, 5.41) is 46.7. The van der Waals surface area contributed by atoms with E-state index in [-0.39, 0.29) is 5.57 Å². The Balaban J connectivity index is 2.84. The van der Waals surface area contributed by atoms with Gasteiger partial charge in [0.05, 0.1) is 0 Å². The van der Waals surface area contributed by atoms with E-state index >= 15 is 0 Å². The monoisotopic (exact) mass is 248 g/mol. The third-order valence-electron chi connectivity index (χ3n) is 2.60. The van der Waals surface area contributed by atoms with Gasteiger partial charge in [-0.1, -0.05) is 6.58 Å². The van der Waals surface area contributed by atoms with Crippen molar-refractivity contribution < 1.29 is 35.1 Å². The van der Waals surface area contributed by atoms with E-state index in [0.29, 0.717) is 0 Å². The van der Waals surface area contributed by atoms with Gasteiger partial charge in [0.1, 0.15) is 24.4 Å². The molecule has 17 heavy (non-hydrogen) atoms. The van der Waals surface area contributed by atoms with Crippen molar-refractivity contribution in [1.82, 2.24) is 0 Å². The minimum absolute atomic E-state index is 0.140. The van der Waals surface area contributed by atoms with Gasteiger partial charge in [0, 0.05) is 0 Å². The molecule has 0 aromatic heterocycles. The number of rotatable bonds is 3. The molecular weight excluding hydrogens is 232 g/mol. The van der Waals surface area contributed by atoms with Crippen molar-refractivity contribution in [2.45, 2.75) is 43.7 Å². The average molecular weight is 248 g/mol. The molecule has 1 fully saturated rings. The third kappa shape index (κ3) is 2.71. The van der Waals surface area contributed by atoms with Crippen molar-refractivity contribution >= 4 is 5.78 Å². The summed E-state index contributed by atoms with van der Waals surface area (Å²) in [6.45, 7) is 4.77. The molecule has 1 aliphatic heterocycles. The van der Waals surface area contributed by atoms with Gasteiger partial charge in [-0.25, -0.2) is 0 Å². The molecule has 1 rings (SSSR count). The zero-order valence-corrected chi connectivity index (χ0v) is 9.22. The maximum atomic E-state index is 11.6. The molecule has 0 radical (unpaired) electrons. The molecule has 2 unspecified atom stereocenters. The largest absolute Gasteiger partial charge is 0.387 e. The Labute approximate surface area is 97.6 Å². The first-order valence-electron chi connectivity index (χ1n) is 5.02. The van der Waals surface area contributed by atoms with Crippen molar-refractivity contribution in [3.63, 3.8) is 0 Å². The van der Waals surface area contributed by atoms with Crippen LogP contribution in [0.1, 0.15) is 6.92 Å². The average Bonchev–Trinajstić information content (AvgIpc) is 2.29. The Hall–Kier alpha value is -0.830. The molecule has 98 valence electrons. The summed E-state index contributed by atoms with van der Waals surface area (Å²) in [5.41, 5.74) is 0.140. The topological polar surface area (TPSA) is 127 Å². The molecule has 0 aromatic rings. The van der Waals surface area contributed by atoms with Gasteiger partial charge in [-0.05, 0) is 12.5 Å². The van der Waals surface area contributed by atoms with E-state index in [1.807, 2.05) is 0 Å². The van der Waals surface area contributed by atoms with E-state index in [9.17, 15) is 30.3 Å². The molecule has 0 spiro atoms. The quantitative estimate of drug-likeness (QED) is 0.344. The third-order valence-corrected chi connectivity index (χ3v) is 2.60. The number of carbonyl (C=O) groups excluding carboxylic acids is 1. The van der Waals surface area contributed by atoms with E-state index in [0.717, 1.165) is 0 Å². The second-order valence-electron chi connectivity index (χ2n) is 4.07. The maximum absolute atomic E-state index is 11.6. The van der Waals surface area contributed by atoms with Crippen LogP contribution in [-0.2, 0) is 9.53 Å². The summed E-state index contributed by atoms with van der Waals surface area (Å²) in [7, 11) is 0. The zero-order chi connectivity index (χ0) is 13.3. The van der Waals surface area contributed by atoms with Gasteiger partial charge in [-0.3, -0.25) is 4.79 Å². The fraction of sp³-hybridized carbons (Fsp3) is 0.700. The number of carbonyl (C=O) groups is 1. The van der Waals surface area contributed by atoms with Crippen molar-refractivity contribution in [3.8, 4) is 0 Å². The van der Waals surface area contributed by atoms with Crippen molar-refractivity contribution in [2.24, 2.45) is 0 Å². The Kier molecular flexibility index (Phi) is 4.36. The van der Waals surface area contributed by atoms with Gasteiger partial charge in [0.2, 0.25) is 0 Å². The second-order valence-corrected chi connectivity index (χ2v) is 4.07. The van der Waals surface area contributed by atoms with Crippen LogP contribution in [-0.4, -0.2) is 68.1 Å². The molecule has 7 nitrogen and oxygen atoms in total. The molecule has 5 N–H and O–H groups in total. The van der Waals surface area contributed by atoms with Crippen LogP contribution in [0.15, 0.2) is 12.2 Å². The lowest BCUT2D eigenvalue weighted by Gasteiger charge is -2.38. The summed E-state index contributed by atoms with van der Waals surface area (Å²) < 4.78 is 4.66. The fourth-order valence-corrected chi connectivity index (χ4v) is 1.49. The van der Waals surface area contributed by atoms with E-state index in [2.05, 4.69) is 11.3 Å². The minimum atomic E-state index is -1.81. The second kappa shape index (κ2) is 5.21. The lowest BCUT2D eigenvalue weighted by Crippen LogP contribution is -2.61. The number of Topliss-reactive ketones (excluding diaryl/α,β-unsaturated/α-hetero) is 1. The van der Waals surface area contributed by atoms with Crippen molar-refractivity contribution in [2.75, 3.05) is 0 Å². The Bertz CT molecular complexity index is 316. The van der Waals surface area contributed by atoms with Crippen LogP contribution < -0.4 is 0 Å². The lowest BCUT2D eigenvalue weighted by atomic mass is 9.92. The van der Waals surface area contributed by atoms with E-state index < -0.39 is 42.6 Å². The number of hydrogen-bond acceptors (Lipinski definition) is 7.